The van der Waals surface area contributed by atoms with E-state index in [1.807, 2.05) is 13.0 Å². The van der Waals surface area contributed by atoms with E-state index in [-0.39, 0.29) is 16.9 Å². The summed E-state index contributed by atoms with van der Waals surface area (Å²) < 4.78 is 5.91. The molecule has 2 rings (SSSR count). The molecule has 0 bridgehead atoms. The molecule has 1 N–H and O–H groups in total. The maximum atomic E-state index is 11.8. The Morgan fingerprint density at radius 3 is 2.74 bits per heavy atom. The highest BCUT2D eigenvalue weighted by Crippen LogP contribution is 2.39. The zero-order valence-electron chi connectivity index (χ0n) is 9.96. The molecule has 0 saturated carbocycles. The fourth-order valence-corrected chi connectivity index (χ4v) is 3.14. The number of phenols is 1. The molecular weight excluding hydrogens is 378 g/mol. The summed E-state index contributed by atoms with van der Waals surface area (Å²) in [5, 5.41) is 19.6. The predicted octanol–water partition coefficient (Wildman–Crippen LogP) is 3.85. The number of aromatic hydroxyl groups is 1. The van der Waals surface area contributed by atoms with Gasteiger partial charge in [0.15, 0.2) is 5.58 Å². The van der Waals surface area contributed by atoms with Crippen LogP contribution >= 0.6 is 31.9 Å². The van der Waals surface area contributed by atoms with Gasteiger partial charge in [-0.15, -0.1) is 0 Å². The first-order chi connectivity index (χ1) is 9.01. The Bertz CT molecular complexity index is 759. The molecule has 98 valence electrons. The first-order valence-corrected chi connectivity index (χ1v) is 7.16. The van der Waals surface area contributed by atoms with Crippen LogP contribution in [0.3, 0.4) is 0 Å². The van der Waals surface area contributed by atoms with E-state index in [9.17, 15) is 9.90 Å². The molecule has 0 atom stereocenters. The third-order valence-corrected chi connectivity index (χ3v) is 4.13. The SMILES string of the molecule is CCCc1c(C#N)c(=O)oc2c(Br)c(O)c(Br)cc12. The van der Waals surface area contributed by atoms with Crippen LogP contribution in [0.4, 0.5) is 0 Å². The fraction of sp³-hybridized carbons (Fsp3) is 0.231. The quantitative estimate of drug-likeness (QED) is 0.795. The monoisotopic (exact) mass is 385 g/mol. The molecule has 19 heavy (non-hydrogen) atoms. The summed E-state index contributed by atoms with van der Waals surface area (Å²) in [6, 6.07) is 3.55. The van der Waals surface area contributed by atoms with Crippen LogP contribution in [-0.2, 0) is 6.42 Å². The summed E-state index contributed by atoms with van der Waals surface area (Å²) in [7, 11) is 0. The molecule has 1 heterocycles. The lowest BCUT2D eigenvalue weighted by Gasteiger charge is -2.09. The van der Waals surface area contributed by atoms with E-state index in [1.54, 1.807) is 6.07 Å². The number of hydrogen-bond donors (Lipinski definition) is 1. The molecule has 1 aromatic carbocycles. The zero-order chi connectivity index (χ0) is 14.2. The zero-order valence-corrected chi connectivity index (χ0v) is 13.1. The van der Waals surface area contributed by atoms with Crippen molar-refractivity contribution >= 4 is 42.8 Å². The Morgan fingerprint density at radius 1 is 1.47 bits per heavy atom. The molecule has 6 heteroatoms. The van der Waals surface area contributed by atoms with Crippen LogP contribution in [-0.4, -0.2) is 5.11 Å². The predicted molar refractivity (Wildman–Crippen MR) is 78.3 cm³/mol. The number of aryl methyl sites for hydroxylation is 1. The first-order valence-electron chi connectivity index (χ1n) is 5.58. The van der Waals surface area contributed by atoms with Gasteiger partial charge in [-0.2, -0.15) is 5.26 Å². The highest BCUT2D eigenvalue weighted by Gasteiger charge is 2.19. The van der Waals surface area contributed by atoms with Crippen molar-refractivity contribution in [3.05, 3.63) is 36.6 Å². The topological polar surface area (TPSA) is 74.2 Å². The van der Waals surface area contributed by atoms with Crippen LogP contribution in [0.1, 0.15) is 24.5 Å². The van der Waals surface area contributed by atoms with Crippen molar-refractivity contribution in [3.63, 3.8) is 0 Å². The van der Waals surface area contributed by atoms with E-state index in [4.69, 9.17) is 9.68 Å². The Morgan fingerprint density at radius 2 is 2.16 bits per heavy atom. The second kappa shape index (κ2) is 5.35. The Labute approximate surface area is 125 Å². The normalized spacial score (nSPS) is 10.6. The number of nitriles is 1. The number of nitrogens with zero attached hydrogens (tertiary/aromatic N) is 1. The molecule has 0 radical (unpaired) electrons. The van der Waals surface area contributed by atoms with E-state index in [2.05, 4.69) is 31.9 Å². The largest absolute Gasteiger partial charge is 0.505 e. The second-order valence-electron chi connectivity index (χ2n) is 4.00. The van der Waals surface area contributed by atoms with Gasteiger partial charge in [-0.05, 0) is 49.9 Å². The average molecular weight is 387 g/mol. The van der Waals surface area contributed by atoms with Crippen LogP contribution < -0.4 is 5.63 Å². The van der Waals surface area contributed by atoms with Crippen molar-refractivity contribution < 1.29 is 9.52 Å². The van der Waals surface area contributed by atoms with Gasteiger partial charge >= 0.3 is 5.63 Å². The standard InChI is InChI=1S/C13H9Br2NO3/c1-2-3-6-7-4-9(14)11(17)10(15)12(7)19-13(18)8(6)5-16/h4,17H,2-3H2,1H3. The van der Waals surface area contributed by atoms with E-state index in [1.165, 1.54) is 0 Å². The number of rotatable bonds is 2. The van der Waals surface area contributed by atoms with Gasteiger partial charge in [0.2, 0.25) is 0 Å². The number of benzene rings is 1. The summed E-state index contributed by atoms with van der Waals surface area (Å²) in [6.45, 7) is 1.96. The fourth-order valence-electron chi connectivity index (χ4n) is 1.94. The Hall–Kier alpha value is -1.32. The van der Waals surface area contributed by atoms with Crippen LogP contribution in [0.2, 0.25) is 0 Å². The van der Waals surface area contributed by atoms with Gasteiger partial charge < -0.3 is 9.52 Å². The molecular formula is C13H9Br2NO3. The Kier molecular flexibility index (Phi) is 3.97. The molecule has 0 saturated heterocycles. The minimum atomic E-state index is -0.680. The summed E-state index contributed by atoms with van der Waals surface area (Å²) in [5.74, 6) is -0.0391. The van der Waals surface area contributed by atoms with Crippen molar-refractivity contribution in [1.82, 2.24) is 0 Å². The summed E-state index contributed by atoms with van der Waals surface area (Å²) in [4.78, 5) is 11.8. The highest BCUT2D eigenvalue weighted by molar-refractivity contribution is 9.11. The van der Waals surface area contributed by atoms with Crippen molar-refractivity contribution in [2.75, 3.05) is 0 Å². The number of phenolic OH excluding ortho intramolecular Hbond substituents is 1. The van der Waals surface area contributed by atoms with Gasteiger partial charge in [0.25, 0.3) is 0 Å². The van der Waals surface area contributed by atoms with Crippen molar-refractivity contribution in [1.29, 1.82) is 5.26 Å². The molecule has 0 fully saturated rings. The van der Waals surface area contributed by atoms with Crippen LogP contribution in [0.5, 0.6) is 5.75 Å². The summed E-state index contributed by atoms with van der Waals surface area (Å²) in [6.07, 6.45) is 1.39. The van der Waals surface area contributed by atoms with Gasteiger partial charge in [-0.25, -0.2) is 4.79 Å². The smallest absolute Gasteiger partial charge is 0.354 e. The molecule has 1 aromatic heterocycles. The average Bonchev–Trinajstić information content (AvgIpc) is 2.38. The Balaban J connectivity index is 3.02. The van der Waals surface area contributed by atoms with Crippen molar-refractivity contribution in [2.24, 2.45) is 0 Å². The van der Waals surface area contributed by atoms with Gasteiger partial charge in [0.1, 0.15) is 21.9 Å². The minimum absolute atomic E-state index is 0.0267. The molecule has 4 nitrogen and oxygen atoms in total. The number of halogens is 2. The van der Waals surface area contributed by atoms with E-state index in [0.717, 1.165) is 6.42 Å². The molecule has 0 unspecified atom stereocenters. The number of hydrogen-bond acceptors (Lipinski definition) is 4. The molecule has 0 amide bonds. The maximum Gasteiger partial charge on any atom is 0.354 e. The van der Waals surface area contributed by atoms with Crippen LogP contribution in [0.15, 0.2) is 24.2 Å². The van der Waals surface area contributed by atoms with Crippen molar-refractivity contribution in [3.8, 4) is 11.8 Å². The molecule has 0 aliphatic carbocycles. The van der Waals surface area contributed by atoms with E-state index in [0.29, 0.717) is 26.3 Å². The van der Waals surface area contributed by atoms with Gasteiger partial charge in [-0.1, -0.05) is 13.3 Å². The van der Waals surface area contributed by atoms with Crippen LogP contribution in [0.25, 0.3) is 11.0 Å². The lowest BCUT2D eigenvalue weighted by atomic mass is 10.0. The molecule has 0 aliphatic rings. The third kappa shape index (κ3) is 2.28. The van der Waals surface area contributed by atoms with Crippen molar-refractivity contribution in [2.45, 2.75) is 19.8 Å². The number of fused-ring (bicyclic) bond motifs is 1. The van der Waals surface area contributed by atoms with E-state index < -0.39 is 5.63 Å². The highest BCUT2D eigenvalue weighted by atomic mass is 79.9. The lowest BCUT2D eigenvalue weighted by molar-refractivity contribution is 0.465. The summed E-state index contributed by atoms with van der Waals surface area (Å²) >= 11 is 6.44. The maximum absolute atomic E-state index is 11.8. The van der Waals surface area contributed by atoms with Gasteiger partial charge in [0, 0.05) is 5.39 Å². The van der Waals surface area contributed by atoms with E-state index >= 15 is 0 Å². The lowest BCUT2D eigenvalue weighted by Crippen LogP contribution is -2.09. The minimum Gasteiger partial charge on any atom is -0.505 e. The first kappa shape index (κ1) is 14.1. The second-order valence-corrected chi connectivity index (χ2v) is 5.65. The third-order valence-electron chi connectivity index (χ3n) is 2.79. The van der Waals surface area contributed by atoms with Crippen LogP contribution in [0, 0.1) is 11.3 Å². The molecule has 0 spiro atoms. The van der Waals surface area contributed by atoms with Gasteiger partial charge in [-0.3, -0.25) is 0 Å². The summed E-state index contributed by atoms with van der Waals surface area (Å²) in [5.41, 5.74) is 0.255. The van der Waals surface area contributed by atoms with Gasteiger partial charge in [0.05, 0.1) is 4.47 Å². The molecule has 0 aliphatic heterocycles. The molecule has 2 aromatic rings.